The SMILES string of the molecule is CN(C)c1ccc(CNC(=O)Cc2ccc(NC(=O)c3cc4ccccc4o3)cc2)cn1. The summed E-state index contributed by atoms with van der Waals surface area (Å²) in [6.07, 6.45) is 2.01. The van der Waals surface area contributed by atoms with Gasteiger partial charge in [0, 0.05) is 37.9 Å². The summed E-state index contributed by atoms with van der Waals surface area (Å²) < 4.78 is 5.59. The van der Waals surface area contributed by atoms with Crippen molar-refractivity contribution in [2.24, 2.45) is 0 Å². The molecular formula is C25H24N4O3. The summed E-state index contributed by atoms with van der Waals surface area (Å²) >= 11 is 0. The van der Waals surface area contributed by atoms with Crippen LogP contribution >= 0.6 is 0 Å². The summed E-state index contributed by atoms with van der Waals surface area (Å²) in [5.41, 5.74) is 3.09. The minimum Gasteiger partial charge on any atom is -0.451 e. The highest BCUT2D eigenvalue weighted by Crippen LogP contribution is 2.20. The van der Waals surface area contributed by atoms with Crippen molar-refractivity contribution in [3.63, 3.8) is 0 Å². The molecule has 32 heavy (non-hydrogen) atoms. The van der Waals surface area contributed by atoms with Crippen LogP contribution in [-0.2, 0) is 17.8 Å². The number of furan rings is 1. The number of amides is 2. The third kappa shape index (κ3) is 5.13. The van der Waals surface area contributed by atoms with Gasteiger partial charge in [-0.15, -0.1) is 0 Å². The standard InChI is InChI=1S/C25H24N4O3/c1-29(2)23-12-9-18(15-26-23)16-27-24(30)13-17-7-10-20(11-8-17)28-25(31)22-14-19-5-3-4-6-21(19)32-22/h3-12,14-15H,13,16H2,1-2H3,(H,27,30)(H,28,31). The Morgan fingerprint density at radius 2 is 1.72 bits per heavy atom. The van der Waals surface area contributed by atoms with E-state index in [1.807, 2.05) is 67.5 Å². The van der Waals surface area contributed by atoms with Crippen molar-refractivity contribution in [2.75, 3.05) is 24.3 Å². The van der Waals surface area contributed by atoms with Gasteiger partial charge in [-0.25, -0.2) is 4.98 Å². The predicted octanol–water partition coefficient (Wildman–Crippen LogP) is 4.01. The lowest BCUT2D eigenvalue weighted by molar-refractivity contribution is -0.120. The van der Waals surface area contributed by atoms with Gasteiger partial charge in [-0.2, -0.15) is 0 Å². The molecule has 0 spiro atoms. The molecule has 0 bridgehead atoms. The molecule has 7 heteroatoms. The molecule has 0 aliphatic heterocycles. The molecule has 0 saturated heterocycles. The number of fused-ring (bicyclic) bond motifs is 1. The Balaban J connectivity index is 1.29. The smallest absolute Gasteiger partial charge is 0.291 e. The Hall–Kier alpha value is -4.13. The number of para-hydroxylation sites is 1. The molecule has 2 heterocycles. The van der Waals surface area contributed by atoms with E-state index < -0.39 is 0 Å². The van der Waals surface area contributed by atoms with E-state index in [2.05, 4.69) is 15.6 Å². The molecule has 7 nitrogen and oxygen atoms in total. The maximum atomic E-state index is 12.4. The van der Waals surface area contributed by atoms with Crippen LogP contribution in [0.2, 0.25) is 0 Å². The second-order valence-electron chi connectivity index (χ2n) is 7.67. The summed E-state index contributed by atoms with van der Waals surface area (Å²) in [6.45, 7) is 0.422. The van der Waals surface area contributed by atoms with Gasteiger partial charge < -0.3 is 20.0 Å². The van der Waals surface area contributed by atoms with Crippen LogP contribution in [0.25, 0.3) is 11.0 Å². The Morgan fingerprint density at radius 1 is 0.969 bits per heavy atom. The van der Waals surface area contributed by atoms with Crippen LogP contribution in [-0.4, -0.2) is 30.9 Å². The van der Waals surface area contributed by atoms with Crippen molar-refractivity contribution in [1.82, 2.24) is 10.3 Å². The molecule has 0 saturated carbocycles. The van der Waals surface area contributed by atoms with Crippen molar-refractivity contribution in [3.8, 4) is 0 Å². The fourth-order valence-corrected chi connectivity index (χ4v) is 3.23. The molecule has 0 radical (unpaired) electrons. The van der Waals surface area contributed by atoms with E-state index >= 15 is 0 Å². The Morgan fingerprint density at radius 3 is 2.41 bits per heavy atom. The Labute approximate surface area is 186 Å². The average molecular weight is 428 g/mol. The van der Waals surface area contributed by atoms with Crippen molar-refractivity contribution in [3.05, 3.63) is 89.8 Å². The first-order chi connectivity index (χ1) is 15.5. The minimum atomic E-state index is -0.319. The second kappa shape index (κ2) is 9.34. The molecule has 0 fully saturated rings. The monoisotopic (exact) mass is 428 g/mol. The number of anilines is 2. The molecule has 2 amide bonds. The van der Waals surface area contributed by atoms with Crippen molar-refractivity contribution >= 4 is 34.3 Å². The van der Waals surface area contributed by atoms with Gasteiger partial charge >= 0.3 is 0 Å². The highest BCUT2D eigenvalue weighted by atomic mass is 16.3. The molecule has 2 N–H and O–H groups in total. The average Bonchev–Trinajstić information content (AvgIpc) is 3.24. The van der Waals surface area contributed by atoms with Gasteiger partial charge in [0.25, 0.3) is 5.91 Å². The molecule has 0 aliphatic carbocycles. The third-order valence-electron chi connectivity index (χ3n) is 4.98. The van der Waals surface area contributed by atoms with Crippen LogP contribution in [0.3, 0.4) is 0 Å². The zero-order valence-corrected chi connectivity index (χ0v) is 18.0. The number of hydrogen-bond donors (Lipinski definition) is 2. The van der Waals surface area contributed by atoms with E-state index in [4.69, 9.17) is 4.42 Å². The number of nitrogens with one attached hydrogen (secondary N) is 2. The lowest BCUT2D eigenvalue weighted by atomic mass is 10.1. The summed E-state index contributed by atoms with van der Waals surface area (Å²) in [6, 6.07) is 20.2. The van der Waals surface area contributed by atoms with E-state index in [1.165, 1.54) is 0 Å². The van der Waals surface area contributed by atoms with Crippen LogP contribution in [0.15, 0.2) is 77.3 Å². The Bertz CT molecular complexity index is 1200. The van der Waals surface area contributed by atoms with E-state index in [1.54, 1.807) is 24.4 Å². The number of carbonyl (C=O) groups is 2. The number of rotatable bonds is 7. The first kappa shape index (κ1) is 21.1. The number of hydrogen-bond acceptors (Lipinski definition) is 5. The second-order valence-corrected chi connectivity index (χ2v) is 7.67. The molecular weight excluding hydrogens is 404 g/mol. The molecule has 162 valence electrons. The number of benzene rings is 2. The zero-order valence-electron chi connectivity index (χ0n) is 18.0. The van der Waals surface area contributed by atoms with Crippen LogP contribution in [0.4, 0.5) is 11.5 Å². The minimum absolute atomic E-state index is 0.0826. The number of aromatic nitrogens is 1. The topological polar surface area (TPSA) is 87.5 Å². The van der Waals surface area contributed by atoms with Gasteiger partial charge in [0.1, 0.15) is 11.4 Å². The maximum Gasteiger partial charge on any atom is 0.291 e. The highest BCUT2D eigenvalue weighted by Gasteiger charge is 2.12. The zero-order chi connectivity index (χ0) is 22.5. The van der Waals surface area contributed by atoms with Crippen molar-refractivity contribution < 1.29 is 14.0 Å². The highest BCUT2D eigenvalue weighted by molar-refractivity contribution is 6.04. The quantitative estimate of drug-likeness (QED) is 0.465. The van der Waals surface area contributed by atoms with Gasteiger partial charge in [0.05, 0.1) is 6.42 Å². The van der Waals surface area contributed by atoms with Crippen molar-refractivity contribution in [2.45, 2.75) is 13.0 Å². The molecule has 0 aliphatic rings. The number of carbonyl (C=O) groups excluding carboxylic acids is 2. The molecule has 4 rings (SSSR count). The largest absolute Gasteiger partial charge is 0.451 e. The summed E-state index contributed by atoms with van der Waals surface area (Å²) in [4.78, 5) is 31.0. The maximum absolute atomic E-state index is 12.4. The molecule has 0 unspecified atom stereocenters. The van der Waals surface area contributed by atoms with E-state index in [0.717, 1.165) is 22.3 Å². The number of nitrogens with zero attached hydrogens (tertiary/aromatic N) is 2. The van der Waals surface area contributed by atoms with Crippen molar-refractivity contribution in [1.29, 1.82) is 0 Å². The van der Waals surface area contributed by atoms with Gasteiger partial charge in [0.15, 0.2) is 5.76 Å². The van der Waals surface area contributed by atoms with Crippen LogP contribution < -0.4 is 15.5 Å². The first-order valence-corrected chi connectivity index (χ1v) is 10.3. The van der Waals surface area contributed by atoms with Crippen LogP contribution in [0.1, 0.15) is 21.7 Å². The van der Waals surface area contributed by atoms with E-state index in [0.29, 0.717) is 17.8 Å². The van der Waals surface area contributed by atoms with Gasteiger partial charge in [-0.3, -0.25) is 9.59 Å². The first-order valence-electron chi connectivity index (χ1n) is 10.3. The molecule has 2 aromatic heterocycles. The molecule has 4 aromatic rings. The molecule has 0 atom stereocenters. The van der Waals surface area contributed by atoms with Crippen LogP contribution in [0, 0.1) is 0 Å². The fraction of sp³-hybridized carbons (Fsp3) is 0.160. The lowest BCUT2D eigenvalue weighted by Gasteiger charge is -2.11. The van der Waals surface area contributed by atoms with E-state index in [9.17, 15) is 9.59 Å². The van der Waals surface area contributed by atoms with Gasteiger partial charge in [-0.05, 0) is 41.5 Å². The number of pyridine rings is 1. The summed E-state index contributed by atoms with van der Waals surface area (Å²) in [5.74, 6) is 0.719. The van der Waals surface area contributed by atoms with E-state index in [-0.39, 0.29) is 24.0 Å². The third-order valence-corrected chi connectivity index (χ3v) is 4.98. The summed E-state index contributed by atoms with van der Waals surface area (Å²) in [5, 5.41) is 6.60. The summed E-state index contributed by atoms with van der Waals surface area (Å²) in [7, 11) is 3.86. The normalized spacial score (nSPS) is 10.7. The molecule has 2 aromatic carbocycles. The van der Waals surface area contributed by atoms with Crippen LogP contribution in [0.5, 0.6) is 0 Å². The lowest BCUT2D eigenvalue weighted by Crippen LogP contribution is -2.24. The van der Waals surface area contributed by atoms with Gasteiger partial charge in [0.2, 0.25) is 5.91 Å². The predicted molar refractivity (Wildman–Crippen MR) is 125 cm³/mol. The van der Waals surface area contributed by atoms with Gasteiger partial charge in [-0.1, -0.05) is 36.4 Å². The fourth-order valence-electron chi connectivity index (χ4n) is 3.23. The Kier molecular flexibility index (Phi) is 6.17.